The second kappa shape index (κ2) is 4.26. The van der Waals surface area contributed by atoms with Crippen LogP contribution in [0.15, 0.2) is 51.7 Å². The highest BCUT2D eigenvalue weighted by Gasteiger charge is 2.18. The Morgan fingerprint density at radius 3 is 2.65 bits per heavy atom. The first-order chi connectivity index (χ1) is 11.2. The van der Waals surface area contributed by atoms with Crippen molar-refractivity contribution < 1.29 is 13.9 Å². The fourth-order valence-corrected chi connectivity index (χ4v) is 3.22. The largest absolute Gasteiger partial charge is 0.456 e. The third kappa shape index (κ3) is 1.63. The van der Waals surface area contributed by atoms with Crippen molar-refractivity contribution in [1.29, 1.82) is 0 Å². The summed E-state index contributed by atoms with van der Waals surface area (Å²) in [6, 6.07) is 13.2. The maximum Gasteiger partial charge on any atom is 0.231 e. The molecule has 0 N–H and O–H groups in total. The van der Waals surface area contributed by atoms with Crippen LogP contribution in [0.1, 0.15) is 5.56 Å². The minimum Gasteiger partial charge on any atom is -0.456 e. The van der Waals surface area contributed by atoms with E-state index < -0.39 is 0 Å². The minimum atomic E-state index is -0.0191. The Morgan fingerprint density at radius 2 is 1.78 bits per heavy atom. The number of hydrogen-bond donors (Lipinski definition) is 0. The normalized spacial score (nSPS) is 13.3. The van der Waals surface area contributed by atoms with Gasteiger partial charge in [0.25, 0.3) is 0 Å². The highest BCUT2D eigenvalue weighted by molar-refractivity contribution is 6.09. The molecule has 1 aliphatic rings. The molecule has 0 bridgehead atoms. The van der Waals surface area contributed by atoms with Gasteiger partial charge < -0.3 is 13.9 Å². The summed E-state index contributed by atoms with van der Waals surface area (Å²) in [6.45, 7) is 2.15. The standard InChI is InChI=1S/C19H12O4/c1-10-3-2-4-12-18(20)17-13-8-16-15(21-9-22-16)7-11(13)5-6-14(17)23-19(10)12/h2-8H,9H2,1H3. The molecule has 0 saturated heterocycles. The molecular formula is C19H12O4. The van der Waals surface area contributed by atoms with Crippen LogP contribution in [0.5, 0.6) is 11.5 Å². The lowest BCUT2D eigenvalue weighted by molar-refractivity contribution is 0.174. The Balaban J connectivity index is 2.03. The number of hydrogen-bond acceptors (Lipinski definition) is 4. The maximum absolute atomic E-state index is 13.0. The molecular weight excluding hydrogens is 292 g/mol. The van der Waals surface area contributed by atoms with Crippen LogP contribution in [0, 0.1) is 6.92 Å². The van der Waals surface area contributed by atoms with Gasteiger partial charge >= 0.3 is 0 Å². The van der Waals surface area contributed by atoms with Gasteiger partial charge in [0.2, 0.25) is 12.2 Å². The van der Waals surface area contributed by atoms with Gasteiger partial charge in [-0.15, -0.1) is 0 Å². The molecule has 0 amide bonds. The fraction of sp³-hybridized carbons (Fsp3) is 0.105. The Hall–Kier alpha value is -3.01. The lowest BCUT2D eigenvalue weighted by atomic mass is 10.0. The van der Waals surface area contributed by atoms with Crippen LogP contribution in [0.2, 0.25) is 0 Å². The van der Waals surface area contributed by atoms with Gasteiger partial charge in [-0.25, -0.2) is 0 Å². The monoisotopic (exact) mass is 304 g/mol. The summed E-state index contributed by atoms with van der Waals surface area (Å²) in [5, 5.41) is 2.94. The topological polar surface area (TPSA) is 48.7 Å². The summed E-state index contributed by atoms with van der Waals surface area (Å²) in [5.41, 5.74) is 2.16. The molecule has 4 aromatic rings. The zero-order valence-electron chi connectivity index (χ0n) is 12.4. The first-order valence-electron chi connectivity index (χ1n) is 7.41. The van der Waals surface area contributed by atoms with E-state index in [4.69, 9.17) is 13.9 Å². The molecule has 5 rings (SSSR count). The fourth-order valence-electron chi connectivity index (χ4n) is 3.22. The van der Waals surface area contributed by atoms with Crippen LogP contribution in [0.4, 0.5) is 0 Å². The highest BCUT2D eigenvalue weighted by atomic mass is 16.7. The molecule has 0 radical (unpaired) electrons. The second-order valence-corrected chi connectivity index (χ2v) is 5.75. The van der Waals surface area contributed by atoms with Gasteiger partial charge in [0.1, 0.15) is 11.2 Å². The van der Waals surface area contributed by atoms with Crippen molar-refractivity contribution in [2.24, 2.45) is 0 Å². The Bertz CT molecular complexity index is 1170. The lowest BCUT2D eigenvalue weighted by Crippen LogP contribution is -2.03. The van der Waals surface area contributed by atoms with Crippen molar-refractivity contribution in [3.05, 3.63) is 58.3 Å². The van der Waals surface area contributed by atoms with E-state index in [0.29, 0.717) is 33.4 Å². The van der Waals surface area contributed by atoms with Gasteiger partial charge in [-0.2, -0.15) is 0 Å². The Morgan fingerprint density at radius 1 is 0.957 bits per heavy atom. The van der Waals surface area contributed by atoms with Crippen LogP contribution in [0.25, 0.3) is 32.7 Å². The first kappa shape index (κ1) is 12.5. The smallest absolute Gasteiger partial charge is 0.231 e. The van der Waals surface area contributed by atoms with Gasteiger partial charge in [-0.1, -0.05) is 18.2 Å². The van der Waals surface area contributed by atoms with E-state index in [1.165, 1.54) is 0 Å². The van der Waals surface area contributed by atoms with E-state index in [0.717, 1.165) is 16.3 Å². The Kier molecular flexibility index (Phi) is 2.32. The van der Waals surface area contributed by atoms with Crippen molar-refractivity contribution in [2.45, 2.75) is 6.92 Å². The zero-order chi connectivity index (χ0) is 15.6. The predicted octanol–water partition coefficient (Wildman–Crippen LogP) is 4.14. The van der Waals surface area contributed by atoms with Gasteiger partial charge in [0.15, 0.2) is 11.5 Å². The number of benzene rings is 3. The zero-order valence-corrected chi connectivity index (χ0v) is 12.4. The molecule has 0 unspecified atom stereocenters. The van der Waals surface area contributed by atoms with Crippen LogP contribution in [0.3, 0.4) is 0 Å². The van der Waals surface area contributed by atoms with Crippen LogP contribution < -0.4 is 14.9 Å². The van der Waals surface area contributed by atoms with Crippen molar-refractivity contribution >= 4 is 32.7 Å². The summed E-state index contributed by atoms with van der Waals surface area (Å²) in [6.07, 6.45) is 0. The molecule has 0 fully saturated rings. The van der Waals surface area contributed by atoms with Gasteiger partial charge in [0, 0.05) is 5.39 Å². The van der Waals surface area contributed by atoms with Crippen LogP contribution in [-0.2, 0) is 0 Å². The summed E-state index contributed by atoms with van der Waals surface area (Å²) in [7, 11) is 0. The third-order valence-electron chi connectivity index (χ3n) is 4.37. The number of ether oxygens (including phenoxy) is 2. The average molecular weight is 304 g/mol. The molecule has 0 aliphatic carbocycles. The molecule has 1 aliphatic heterocycles. The molecule has 23 heavy (non-hydrogen) atoms. The van der Waals surface area contributed by atoms with Gasteiger partial charge in [0.05, 0.1) is 10.8 Å². The van der Waals surface area contributed by atoms with Crippen molar-refractivity contribution in [1.82, 2.24) is 0 Å². The number of aryl methyl sites for hydroxylation is 1. The molecule has 0 atom stereocenters. The van der Waals surface area contributed by atoms with E-state index in [-0.39, 0.29) is 12.2 Å². The van der Waals surface area contributed by atoms with Crippen LogP contribution in [-0.4, -0.2) is 6.79 Å². The molecule has 4 heteroatoms. The average Bonchev–Trinajstić information content (AvgIpc) is 3.01. The van der Waals surface area contributed by atoms with Crippen molar-refractivity contribution in [3.8, 4) is 11.5 Å². The molecule has 3 aromatic carbocycles. The number of para-hydroxylation sites is 1. The van der Waals surface area contributed by atoms with Crippen molar-refractivity contribution in [2.75, 3.05) is 6.79 Å². The third-order valence-corrected chi connectivity index (χ3v) is 4.37. The van der Waals surface area contributed by atoms with E-state index in [1.807, 2.05) is 43.3 Å². The maximum atomic E-state index is 13.0. The highest BCUT2D eigenvalue weighted by Crippen LogP contribution is 2.38. The lowest BCUT2D eigenvalue weighted by Gasteiger charge is -2.07. The number of fused-ring (bicyclic) bond motifs is 5. The van der Waals surface area contributed by atoms with E-state index in [2.05, 4.69) is 0 Å². The molecule has 4 nitrogen and oxygen atoms in total. The number of rotatable bonds is 0. The predicted molar refractivity (Wildman–Crippen MR) is 88.4 cm³/mol. The van der Waals surface area contributed by atoms with Crippen LogP contribution >= 0.6 is 0 Å². The Labute approximate surface area is 130 Å². The van der Waals surface area contributed by atoms with Gasteiger partial charge in [-0.3, -0.25) is 4.79 Å². The van der Waals surface area contributed by atoms with E-state index in [1.54, 1.807) is 6.07 Å². The second-order valence-electron chi connectivity index (χ2n) is 5.75. The summed E-state index contributed by atoms with van der Waals surface area (Å²) in [4.78, 5) is 13.0. The summed E-state index contributed by atoms with van der Waals surface area (Å²) >= 11 is 0. The van der Waals surface area contributed by atoms with E-state index >= 15 is 0 Å². The van der Waals surface area contributed by atoms with Gasteiger partial charge in [-0.05, 0) is 42.1 Å². The quantitative estimate of drug-likeness (QED) is 0.362. The first-order valence-corrected chi connectivity index (χ1v) is 7.41. The molecule has 0 spiro atoms. The minimum absolute atomic E-state index is 0.0191. The van der Waals surface area contributed by atoms with Crippen molar-refractivity contribution in [3.63, 3.8) is 0 Å². The molecule has 1 aromatic heterocycles. The summed E-state index contributed by atoms with van der Waals surface area (Å²) < 4.78 is 16.9. The SMILES string of the molecule is Cc1cccc2c(=O)c3c(ccc4cc5c(cc43)OCO5)oc12. The summed E-state index contributed by atoms with van der Waals surface area (Å²) in [5.74, 6) is 1.37. The van der Waals surface area contributed by atoms with E-state index in [9.17, 15) is 4.79 Å². The molecule has 0 saturated carbocycles. The molecule has 112 valence electrons. The molecule has 2 heterocycles.